The molecule has 0 saturated heterocycles. The molecule has 0 aliphatic heterocycles. The van der Waals surface area contributed by atoms with E-state index >= 15 is 0 Å². The van der Waals surface area contributed by atoms with E-state index in [1.54, 1.807) is 15.1 Å². The molecule has 0 aromatic rings. The summed E-state index contributed by atoms with van der Waals surface area (Å²) in [7, 11) is 0. The van der Waals surface area contributed by atoms with Crippen LogP contribution < -0.4 is 31.5 Å². The van der Waals surface area contributed by atoms with Gasteiger partial charge in [-0.05, 0) is 0 Å². The fraction of sp³-hybridized carbons (Fsp3) is 0. The van der Waals surface area contributed by atoms with Crippen LogP contribution in [0.2, 0.25) is 0 Å². The van der Waals surface area contributed by atoms with E-state index in [4.69, 9.17) is 31.5 Å². The third kappa shape index (κ3) is 340. The summed E-state index contributed by atoms with van der Waals surface area (Å²) in [6.07, 6.45) is 0. The van der Waals surface area contributed by atoms with E-state index in [2.05, 4.69) is 0 Å². The van der Waals surface area contributed by atoms with Crippen LogP contribution in [0.25, 0.3) is 0 Å². The molecule has 0 fully saturated rings. The number of hydrogen-bond donors (Lipinski definition) is 0. The van der Waals surface area contributed by atoms with Crippen molar-refractivity contribution in [1.82, 2.24) is 0 Å². The Morgan fingerprint density at radius 1 is 0.545 bits per heavy atom. The first-order valence-corrected chi connectivity index (χ1v) is 1.00. The summed E-state index contributed by atoms with van der Waals surface area (Å²) >= 11 is 0. The molecule has 0 rings (SSSR count). The molecule has 0 heterocycles. The normalized spacial score (nSPS) is 4.91. The van der Waals surface area contributed by atoms with E-state index in [1.807, 2.05) is 0 Å². The zero-order valence-electron chi connectivity index (χ0n) is 4.88. The summed E-state index contributed by atoms with van der Waals surface area (Å²) in [5.74, 6) is 0. The van der Waals surface area contributed by atoms with Crippen molar-refractivity contribution in [3.8, 4) is 0 Å². The summed E-state index contributed by atoms with van der Waals surface area (Å²) in [6, 6.07) is 0. The minimum atomic E-state index is 0. The van der Waals surface area contributed by atoms with Crippen molar-refractivity contribution in [3.05, 3.63) is 0 Å². The summed E-state index contributed by atoms with van der Waals surface area (Å²) < 4.78 is 0. The van der Waals surface area contributed by atoms with Crippen LogP contribution in [0.3, 0.4) is 0 Å². The van der Waals surface area contributed by atoms with Crippen LogP contribution in [-0.2, 0) is 36.8 Å². The maximum Gasteiger partial charge on any atom is 4.00 e. The molecule has 0 amide bonds. The predicted octanol–water partition coefficient (Wildman–Crippen LogP) is -7.72. The van der Waals surface area contributed by atoms with Crippen molar-refractivity contribution in [2.45, 2.75) is 0 Å². The predicted molar refractivity (Wildman–Crippen MR) is 9.01 cm³/mol. The van der Waals surface area contributed by atoms with Gasteiger partial charge in [-0.3, -0.25) is 0 Å². The third-order valence-electron chi connectivity index (χ3n) is 0. The molecule has 0 aliphatic rings. The van der Waals surface area contributed by atoms with Crippen molar-refractivity contribution in [1.29, 1.82) is 0 Å². The first kappa shape index (κ1) is 29.3. The van der Waals surface area contributed by atoms with E-state index in [9.17, 15) is 0 Å². The van der Waals surface area contributed by atoms with Gasteiger partial charge in [0.05, 0.1) is 0 Å². The molecule has 0 atom stereocenters. The number of rotatable bonds is 0. The Hall–Kier alpha value is 1.83. The molecule has 0 aliphatic carbocycles. The molecule has 0 aromatic heterocycles. The maximum atomic E-state index is 7.88. The Balaban J connectivity index is -0.0000000150. The Morgan fingerprint density at radius 3 is 0.545 bits per heavy atom. The molecule has 0 aromatic carbocycles. The molecule has 11 heteroatoms. The SMILES string of the molecule is [O-]O[O-].[O-]O[O-].[O-]O[O-].[Sr+2].[Ti+4]. The Morgan fingerprint density at radius 2 is 0.545 bits per heavy atom. The zero-order chi connectivity index (χ0) is 8.12. The Labute approximate surface area is 112 Å². The van der Waals surface area contributed by atoms with Crippen molar-refractivity contribution >= 4 is 45.5 Å². The van der Waals surface area contributed by atoms with E-state index < -0.39 is 0 Å². The van der Waals surface area contributed by atoms with E-state index in [0.717, 1.165) is 0 Å². The van der Waals surface area contributed by atoms with Gasteiger partial charge in [0.2, 0.25) is 0 Å². The van der Waals surface area contributed by atoms with E-state index in [0.29, 0.717) is 0 Å². The third-order valence-corrected chi connectivity index (χ3v) is 0. The quantitative estimate of drug-likeness (QED) is 0.237. The fourth-order valence-corrected chi connectivity index (χ4v) is 0. The molecule has 0 bridgehead atoms. The largest absolute Gasteiger partial charge is 4.00 e. The maximum absolute atomic E-state index is 7.88. The van der Waals surface area contributed by atoms with Gasteiger partial charge in [0, 0.05) is 0 Å². The monoisotopic (exact) mass is 280 g/mol. The first-order valence-electron chi connectivity index (χ1n) is 1.00. The van der Waals surface area contributed by atoms with Gasteiger partial charge in [-0.2, -0.15) is 0 Å². The van der Waals surface area contributed by atoms with Gasteiger partial charge in [-0.25, -0.2) is 0 Å². The van der Waals surface area contributed by atoms with Crippen LogP contribution >= 0.6 is 0 Å². The second kappa shape index (κ2) is 59.4. The van der Waals surface area contributed by atoms with Crippen LogP contribution in [0, 0.1) is 0 Å². The Kier molecular flexibility index (Phi) is 158. The second-order valence-electron chi connectivity index (χ2n) is 0.204. The second-order valence-corrected chi connectivity index (χ2v) is 0.204. The molecular weight excluding hydrogens is 279 g/mol. The van der Waals surface area contributed by atoms with Gasteiger partial charge in [0.1, 0.15) is 0 Å². The summed E-state index contributed by atoms with van der Waals surface area (Å²) in [5.41, 5.74) is 0. The smallest absolute Gasteiger partial charge is 0.734 e. The van der Waals surface area contributed by atoms with Gasteiger partial charge in [0.25, 0.3) is 0 Å². The van der Waals surface area contributed by atoms with E-state index in [1.165, 1.54) is 0 Å². The number of hydrogen-bond acceptors (Lipinski definition) is 9. The van der Waals surface area contributed by atoms with Gasteiger partial charge in [-0.1, -0.05) is 0 Å². The van der Waals surface area contributed by atoms with Crippen molar-refractivity contribution in [2.24, 2.45) is 0 Å². The molecule has 0 N–H and O–H groups in total. The van der Waals surface area contributed by atoms with Gasteiger partial charge >= 0.3 is 67.2 Å². The van der Waals surface area contributed by atoms with Crippen molar-refractivity contribution in [3.63, 3.8) is 0 Å². The fourth-order valence-electron chi connectivity index (χ4n) is 0. The molecule has 0 radical (unpaired) electrons. The zero-order valence-corrected chi connectivity index (χ0v) is 9.92. The van der Waals surface area contributed by atoms with Gasteiger partial charge in [-0.15, -0.1) is 0 Å². The minimum Gasteiger partial charge on any atom is -0.734 e. The van der Waals surface area contributed by atoms with Crippen LogP contribution in [0.1, 0.15) is 0 Å². The van der Waals surface area contributed by atoms with Crippen LogP contribution in [-0.4, -0.2) is 45.5 Å². The molecule has 0 spiro atoms. The summed E-state index contributed by atoms with van der Waals surface area (Å²) in [4.78, 5) is 0. The van der Waals surface area contributed by atoms with Crippen LogP contribution in [0.15, 0.2) is 0 Å². The van der Waals surface area contributed by atoms with Gasteiger partial charge < -0.3 is 46.7 Å². The van der Waals surface area contributed by atoms with Crippen LogP contribution in [0.4, 0.5) is 0 Å². The average molecular weight is 279 g/mol. The van der Waals surface area contributed by atoms with Gasteiger partial charge in [0.15, 0.2) is 0 Å². The Bertz CT molecular complexity index is 14.3. The molecule has 11 heavy (non-hydrogen) atoms. The topological polar surface area (TPSA) is 166 Å². The molecular formula is O9SrTi. The average Bonchev–Trinajstić information content (AvgIpc) is 1.70. The van der Waals surface area contributed by atoms with Crippen molar-refractivity contribution in [2.75, 3.05) is 0 Å². The summed E-state index contributed by atoms with van der Waals surface area (Å²) in [6.45, 7) is 0. The molecule has 0 unspecified atom stereocenters. The molecule has 60 valence electrons. The first-order chi connectivity index (χ1) is 4.24. The van der Waals surface area contributed by atoms with Crippen LogP contribution in [0.5, 0.6) is 0 Å². The van der Waals surface area contributed by atoms with Crippen molar-refractivity contribution < 1.29 is 68.4 Å². The standard InChI is InChI=1S/3H2O3.Sr.Ti/c3*1-3-2;;/h3*1-2H;;/q;;;+2;+4/p-6. The minimum absolute atomic E-state index is 0. The van der Waals surface area contributed by atoms with E-state index in [-0.39, 0.29) is 67.2 Å². The summed E-state index contributed by atoms with van der Waals surface area (Å²) in [5, 5.41) is 52.5. The molecule has 0 saturated carbocycles. The molecule has 9 nitrogen and oxygen atoms in total.